The van der Waals surface area contributed by atoms with Crippen LogP contribution in [0.5, 0.6) is 0 Å². The lowest BCUT2D eigenvalue weighted by Crippen LogP contribution is -2.48. The number of aryl methyl sites for hydroxylation is 1. The molecule has 116 valence electrons. The number of amides is 1. The summed E-state index contributed by atoms with van der Waals surface area (Å²) in [6, 6.07) is 7.60. The number of nitrogens with one attached hydrogen (secondary N) is 1. The van der Waals surface area contributed by atoms with Crippen molar-refractivity contribution in [2.75, 3.05) is 31.1 Å². The Hall–Kier alpha value is -2.77. The molecule has 1 fully saturated rings. The SMILES string of the molecule is Cc1n[nH]c(=O)n1-c1ccc(N2CCN(C(=O)O)CC2)cc1. The molecule has 2 N–H and O–H groups in total. The maximum Gasteiger partial charge on any atom is 0.407 e. The number of aromatic nitrogens is 3. The first-order valence-electron chi connectivity index (χ1n) is 7.03. The quantitative estimate of drug-likeness (QED) is 0.850. The molecule has 1 aromatic carbocycles. The van der Waals surface area contributed by atoms with Crippen molar-refractivity contribution in [1.29, 1.82) is 0 Å². The predicted molar refractivity (Wildman–Crippen MR) is 80.7 cm³/mol. The molecule has 8 heteroatoms. The highest BCUT2D eigenvalue weighted by atomic mass is 16.4. The van der Waals surface area contributed by atoms with Crippen molar-refractivity contribution in [3.05, 3.63) is 40.6 Å². The second-order valence-electron chi connectivity index (χ2n) is 5.18. The minimum atomic E-state index is -0.871. The molecule has 0 radical (unpaired) electrons. The smallest absolute Gasteiger partial charge is 0.407 e. The fourth-order valence-electron chi connectivity index (χ4n) is 2.65. The Bertz CT molecular complexity index is 726. The first-order valence-corrected chi connectivity index (χ1v) is 7.03. The molecule has 22 heavy (non-hydrogen) atoms. The third kappa shape index (κ3) is 2.54. The molecule has 0 spiro atoms. The molecule has 1 aromatic heterocycles. The Morgan fingerprint density at radius 1 is 1.14 bits per heavy atom. The van der Waals surface area contributed by atoms with Crippen molar-refractivity contribution in [2.24, 2.45) is 0 Å². The zero-order valence-electron chi connectivity index (χ0n) is 12.2. The zero-order valence-corrected chi connectivity index (χ0v) is 12.2. The number of benzene rings is 1. The minimum absolute atomic E-state index is 0.264. The first-order chi connectivity index (χ1) is 10.6. The van der Waals surface area contributed by atoms with Crippen molar-refractivity contribution in [2.45, 2.75) is 6.92 Å². The van der Waals surface area contributed by atoms with Crippen molar-refractivity contribution in [3.8, 4) is 5.69 Å². The van der Waals surface area contributed by atoms with Gasteiger partial charge < -0.3 is 14.9 Å². The highest BCUT2D eigenvalue weighted by Crippen LogP contribution is 2.19. The molecular weight excluding hydrogens is 286 g/mol. The number of rotatable bonds is 2. The molecule has 2 heterocycles. The monoisotopic (exact) mass is 303 g/mol. The summed E-state index contributed by atoms with van der Waals surface area (Å²) < 4.78 is 1.51. The van der Waals surface area contributed by atoms with E-state index in [1.807, 2.05) is 24.3 Å². The van der Waals surface area contributed by atoms with E-state index in [0.29, 0.717) is 32.0 Å². The number of carboxylic acid groups (broad SMARTS) is 1. The van der Waals surface area contributed by atoms with Crippen LogP contribution in [0.3, 0.4) is 0 Å². The maximum atomic E-state index is 11.7. The topological polar surface area (TPSA) is 94.5 Å². The summed E-state index contributed by atoms with van der Waals surface area (Å²) in [5.41, 5.74) is 1.51. The van der Waals surface area contributed by atoms with Gasteiger partial charge in [0.1, 0.15) is 5.82 Å². The summed E-state index contributed by atoms with van der Waals surface area (Å²) in [5, 5.41) is 15.3. The number of H-pyrrole nitrogens is 1. The van der Waals surface area contributed by atoms with Crippen LogP contribution in [0.25, 0.3) is 5.69 Å². The molecule has 1 aliphatic rings. The van der Waals surface area contributed by atoms with Gasteiger partial charge in [0.2, 0.25) is 0 Å². The van der Waals surface area contributed by atoms with E-state index in [-0.39, 0.29) is 5.69 Å². The molecule has 0 aliphatic carbocycles. The molecule has 0 unspecified atom stereocenters. The zero-order chi connectivity index (χ0) is 15.7. The van der Waals surface area contributed by atoms with Gasteiger partial charge in [0.25, 0.3) is 0 Å². The number of piperazine rings is 1. The summed E-state index contributed by atoms with van der Waals surface area (Å²) in [6.45, 7) is 4.08. The highest BCUT2D eigenvalue weighted by molar-refractivity contribution is 5.65. The molecule has 0 atom stereocenters. The van der Waals surface area contributed by atoms with Gasteiger partial charge in [0, 0.05) is 31.9 Å². The average molecular weight is 303 g/mol. The van der Waals surface area contributed by atoms with E-state index in [9.17, 15) is 9.59 Å². The van der Waals surface area contributed by atoms with Crippen LogP contribution >= 0.6 is 0 Å². The van der Waals surface area contributed by atoms with Gasteiger partial charge in [-0.15, -0.1) is 0 Å². The van der Waals surface area contributed by atoms with Gasteiger partial charge in [-0.2, -0.15) is 5.10 Å². The van der Waals surface area contributed by atoms with Crippen molar-refractivity contribution >= 4 is 11.8 Å². The summed E-state index contributed by atoms with van der Waals surface area (Å²) in [5.74, 6) is 0.604. The highest BCUT2D eigenvalue weighted by Gasteiger charge is 2.20. The third-order valence-electron chi connectivity index (χ3n) is 3.86. The Balaban J connectivity index is 1.76. The largest absolute Gasteiger partial charge is 0.465 e. The second kappa shape index (κ2) is 5.55. The summed E-state index contributed by atoms with van der Waals surface area (Å²) in [6.07, 6.45) is -0.871. The summed E-state index contributed by atoms with van der Waals surface area (Å²) in [4.78, 5) is 26.2. The normalized spacial score (nSPS) is 15.1. The maximum absolute atomic E-state index is 11.7. The Kier molecular flexibility index (Phi) is 3.58. The fraction of sp³-hybridized carbons (Fsp3) is 0.357. The number of anilines is 1. The summed E-state index contributed by atoms with van der Waals surface area (Å²) >= 11 is 0. The number of hydrogen-bond donors (Lipinski definition) is 2. The molecule has 1 aliphatic heterocycles. The number of nitrogens with zero attached hydrogens (tertiary/aromatic N) is 4. The van der Waals surface area contributed by atoms with Gasteiger partial charge in [0.05, 0.1) is 5.69 Å². The molecule has 1 amide bonds. The Morgan fingerprint density at radius 2 is 1.73 bits per heavy atom. The van der Waals surface area contributed by atoms with Crippen LogP contribution < -0.4 is 10.6 Å². The third-order valence-corrected chi connectivity index (χ3v) is 3.86. The van der Waals surface area contributed by atoms with Gasteiger partial charge in [-0.05, 0) is 31.2 Å². The number of aromatic amines is 1. The van der Waals surface area contributed by atoms with Gasteiger partial charge in [0.15, 0.2) is 0 Å². The number of hydrogen-bond acceptors (Lipinski definition) is 4. The van der Waals surface area contributed by atoms with E-state index in [1.54, 1.807) is 6.92 Å². The van der Waals surface area contributed by atoms with Gasteiger partial charge >= 0.3 is 11.8 Å². The Labute approximate surface area is 126 Å². The molecule has 0 bridgehead atoms. The Morgan fingerprint density at radius 3 is 2.23 bits per heavy atom. The van der Waals surface area contributed by atoms with Crippen LogP contribution in [0, 0.1) is 6.92 Å². The molecule has 0 saturated carbocycles. The van der Waals surface area contributed by atoms with Gasteiger partial charge in [-0.3, -0.25) is 0 Å². The summed E-state index contributed by atoms with van der Waals surface area (Å²) in [7, 11) is 0. The van der Waals surface area contributed by atoms with Gasteiger partial charge in [-0.25, -0.2) is 19.3 Å². The lowest BCUT2D eigenvalue weighted by Gasteiger charge is -2.34. The average Bonchev–Trinajstić information content (AvgIpc) is 2.86. The van der Waals surface area contributed by atoms with Crippen LogP contribution in [-0.2, 0) is 0 Å². The predicted octanol–water partition coefficient (Wildman–Crippen LogP) is 0.669. The van der Waals surface area contributed by atoms with Crippen LogP contribution in [0.4, 0.5) is 10.5 Å². The van der Waals surface area contributed by atoms with Crippen LogP contribution in [0.15, 0.2) is 29.1 Å². The fourth-order valence-corrected chi connectivity index (χ4v) is 2.65. The van der Waals surface area contributed by atoms with Crippen molar-refractivity contribution in [1.82, 2.24) is 19.7 Å². The van der Waals surface area contributed by atoms with Crippen LogP contribution in [-0.4, -0.2) is 57.0 Å². The lowest BCUT2D eigenvalue weighted by atomic mass is 10.2. The standard InChI is InChI=1S/C14H17N5O3/c1-10-15-16-13(20)19(10)12-4-2-11(3-5-12)17-6-8-18(9-7-17)14(21)22/h2-5H,6-9H2,1H3,(H,16,20)(H,21,22). The second-order valence-corrected chi connectivity index (χ2v) is 5.18. The van der Waals surface area contributed by atoms with E-state index in [1.165, 1.54) is 9.47 Å². The van der Waals surface area contributed by atoms with Crippen molar-refractivity contribution < 1.29 is 9.90 Å². The van der Waals surface area contributed by atoms with E-state index < -0.39 is 6.09 Å². The molecule has 3 rings (SSSR count). The molecular formula is C14H17N5O3. The van der Waals surface area contributed by atoms with Gasteiger partial charge in [-0.1, -0.05) is 0 Å². The lowest BCUT2D eigenvalue weighted by molar-refractivity contribution is 0.142. The van der Waals surface area contributed by atoms with Crippen LogP contribution in [0.2, 0.25) is 0 Å². The molecule has 2 aromatic rings. The van der Waals surface area contributed by atoms with E-state index in [4.69, 9.17) is 5.11 Å². The van der Waals surface area contributed by atoms with E-state index >= 15 is 0 Å². The number of carbonyl (C=O) groups is 1. The molecule has 8 nitrogen and oxygen atoms in total. The van der Waals surface area contributed by atoms with Crippen molar-refractivity contribution in [3.63, 3.8) is 0 Å². The molecule has 1 saturated heterocycles. The van der Waals surface area contributed by atoms with E-state index in [2.05, 4.69) is 15.1 Å². The first kappa shape index (κ1) is 14.2. The van der Waals surface area contributed by atoms with E-state index in [0.717, 1.165) is 11.4 Å². The van der Waals surface area contributed by atoms with Crippen LogP contribution in [0.1, 0.15) is 5.82 Å². The minimum Gasteiger partial charge on any atom is -0.465 e.